The van der Waals surface area contributed by atoms with Crippen LogP contribution >= 0.6 is 0 Å². The lowest BCUT2D eigenvalue weighted by Gasteiger charge is -2.34. The van der Waals surface area contributed by atoms with Crippen LogP contribution in [0.5, 0.6) is 11.5 Å². The molecule has 1 amide bonds. The Morgan fingerprint density at radius 1 is 0.967 bits per heavy atom. The number of nitrogens with zero attached hydrogens (tertiary/aromatic N) is 1. The first-order valence-corrected chi connectivity index (χ1v) is 10.7. The van der Waals surface area contributed by atoms with Gasteiger partial charge in [-0.05, 0) is 53.6 Å². The van der Waals surface area contributed by atoms with E-state index in [1.54, 1.807) is 0 Å². The monoisotopic (exact) mass is 400 g/mol. The van der Waals surface area contributed by atoms with E-state index >= 15 is 0 Å². The fourth-order valence-electron chi connectivity index (χ4n) is 5.06. The third-order valence-corrected chi connectivity index (χ3v) is 7.01. The molecule has 1 unspecified atom stereocenters. The van der Waals surface area contributed by atoms with Gasteiger partial charge in [0.15, 0.2) is 11.5 Å². The van der Waals surface area contributed by atoms with Crippen molar-refractivity contribution in [1.29, 1.82) is 0 Å². The van der Waals surface area contributed by atoms with Crippen LogP contribution in [0.3, 0.4) is 0 Å². The minimum absolute atomic E-state index is 0.0480. The average Bonchev–Trinajstić information content (AvgIpc) is 3.21. The van der Waals surface area contributed by atoms with E-state index in [0.717, 1.165) is 60.2 Å². The first-order chi connectivity index (χ1) is 14.7. The first kappa shape index (κ1) is 17.6. The van der Waals surface area contributed by atoms with Gasteiger partial charge in [0.25, 0.3) is 5.91 Å². The van der Waals surface area contributed by atoms with E-state index in [1.165, 1.54) is 5.69 Å². The van der Waals surface area contributed by atoms with E-state index in [2.05, 4.69) is 34.5 Å². The number of carbonyl (C=O) groups excluding carboxylic acids is 1. The molecule has 1 spiro atoms. The molecule has 6 rings (SSSR count). The zero-order valence-corrected chi connectivity index (χ0v) is 16.8. The van der Waals surface area contributed by atoms with Crippen LogP contribution in [-0.2, 0) is 0 Å². The Bertz CT molecular complexity index is 1130. The van der Waals surface area contributed by atoms with Gasteiger partial charge in [0.1, 0.15) is 0 Å². The van der Waals surface area contributed by atoms with E-state index < -0.39 is 0 Å². The maximum absolute atomic E-state index is 13.0. The maximum atomic E-state index is 13.0. The van der Waals surface area contributed by atoms with Crippen LogP contribution in [0.2, 0.25) is 0 Å². The lowest BCUT2D eigenvalue weighted by molar-refractivity contribution is 0.0945. The molecule has 5 nitrogen and oxygen atoms in total. The van der Waals surface area contributed by atoms with Gasteiger partial charge in [0, 0.05) is 36.4 Å². The Labute approximate surface area is 175 Å². The van der Waals surface area contributed by atoms with Crippen molar-refractivity contribution in [2.24, 2.45) is 5.41 Å². The van der Waals surface area contributed by atoms with Gasteiger partial charge in [0.2, 0.25) is 6.79 Å². The molecule has 1 saturated carbocycles. The van der Waals surface area contributed by atoms with E-state index in [4.69, 9.17) is 9.47 Å². The van der Waals surface area contributed by atoms with Crippen LogP contribution in [0.4, 0.5) is 5.69 Å². The van der Waals surface area contributed by atoms with E-state index in [-0.39, 0.29) is 17.4 Å². The molecule has 30 heavy (non-hydrogen) atoms. The van der Waals surface area contributed by atoms with Gasteiger partial charge >= 0.3 is 0 Å². The number of benzene rings is 3. The summed E-state index contributed by atoms with van der Waals surface area (Å²) < 4.78 is 10.9. The fourth-order valence-corrected chi connectivity index (χ4v) is 5.06. The zero-order chi connectivity index (χ0) is 20.1. The van der Waals surface area contributed by atoms with Crippen LogP contribution in [0.15, 0.2) is 60.7 Å². The first-order valence-electron chi connectivity index (χ1n) is 10.7. The normalized spacial score (nSPS) is 21.1. The molecular formula is C25H24N2O3. The molecule has 1 atom stereocenters. The van der Waals surface area contributed by atoms with Gasteiger partial charge in [-0.25, -0.2) is 0 Å². The predicted molar refractivity (Wildman–Crippen MR) is 116 cm³/mol. The molecule has 5 heteroatoms. The molecule has 1 aliphatic carbocycles. The minimum atomic E-state index is 0.0480. The highest BCUT2D eigenvalue weighted by Gasteiger charge is 2.55. The number of hydrogen-bond donors (Lipinski definition) is 1. The second-order valence-corrected chi connectivity index (χ2v) is 8.64. The second kappa shape index (κ2) is 6.66. The average molecular weight is 400 g/mol. The molecule has 2 aliphatic heterocycles. The summed E-state index contributed by atoms with van der Waals surface area (Å²) in [5.74, 6) is 1.71. The molecule has 1 N–H and O–H groups in total. The van der Waals surface area contributed by atoms with Crippen molar-refractivity contribution >= 4 is 22.4 Å². The van der Waals surface area contributed by atoms with Crippen molar-refractivity contribution in [2.75, 3.05) is 24.8 Å². The Morgan fingerprint density at radius 3 is 2.67 bits per heavy atom. The van der Waals surface area contributed by atoms with Crippen LogP contribution < -0.4 is 19.7 Å². The number of nitrogens with one attached hydrogen (secondary N) is 1. The Morgan fingerprint density at radius 2 is 1.77 bits per heavy atom. The number of amides is 1. The van der Waals surface area contributed by atoms with E-state index in [1.807, 2.05) is 36.4 Å². The third-order valence-electron chi connectivity index (χ3n) is 7.01. The summed E-state index contributed by atoms with van der Waals surface area (Å²) in [4.78, 5) is 15.4. The van der Waals surface area contributed by atoms with Crippen LogP contribution in [0, 0.1) is 5.41 Å². The Hall–Kier alpha value is -3.21. The number of rotatable bonds is 3. The molecule has 0 aromatic heterocycles. The molecule has 0 radical (unpaired) electrons. The number of hydrogen-bond acceptors (Lipinski definition) is 4. The number of fused-ring (bicyclic) bond motifs is 2. The van der Waals surface area contributed by atoms with Crippen molar-refractivity contribution in [3.05, 3.63) is 66.2 Å². The standard InChI is InChI=1S/C25H24N2O3/c28-24(20-7-3-5-17-4-1-2-6-19(17)20)26-23-15-25(23)10-12-27(13-11-25)18-8-9-21-22(14-18)30-16-29-21/h1-9,14,23H,10-13,15-16H2,(H,26,28). The maximum Gasteiger partial charge on any atom is 0.252 e. The van der Waals surface area contributed by atoms with Gasteiger partial charge in [-0.15, -0.1) is 0 Å². The fraction of sp³-hybridized carbons (Fsp3) is 0.320. The molecule has 3 aromatic carbocycles. The summed E-state index contributed by atoms with van der Waals surface area (Å²) in [6.07, 6.45) is 3.28. The summed E-state index contributed by atoms with van der Waals surface area (Å²) in [5, 5.41) is 5.44. The highest BCUT2D eigenvalue weighted by atomic mass is 16.7. The lowest BCUT2D eigenvalue weighted by atomic mass is 9.92. The van der Waals surface area contributed by atoms with Crippen molar-refractivity contribution in [3.8, 4) is 11.5 Å². The smallest absolute Gasteiger partial charge is 0.252 e. The van der Waals surface area contributed by atoms with Crippen molar-refractivity contribution in [2.45, 2.75) is 25.3 Å². The molecule has 0 bridgehead atoms. The largest absolute Gasteiger partial charge is 0.454 e. The molecule has 2 fully saturated rings. The highest BCUT2D eigenvalue weighted by molar-refractivity contribution is 6.07. The summed E-state index contributed by atoms with van der Waals surface area (Å²) in [6, 6.07) is 20.5. The summed E-state index contributed by atoms with van der Waals surface area (Å²) in [6.45, 7) is 2.31. The van der Waals surface area contributed by atoms with Crippen LogP contribution in [0.25, 0.3) is 10.8 Å². The van der Waals surface area contributed by atoms with Gasteiger partial charge in [0.05, 0.1) is 0 Å². The summed E-state index contributed by atoms with van der Waals surface area (Å²) in [5.41, 5.74) is 2.21. The topological polar surface area (TPSA) is 50.8 Å². The number of carbonyl (C=O) groups is 1. The van der Waals surface area contributed by atoms with Crippen molar-refractivity contribution in [3.63, 3.8) is 0 Å². The zero-order valence-electron chi connectivity index (χ0n) is 16.8. The van der Waals surface area contributed by atoms with Crippen LogP contribution in [0.1, 0.15) is 29.6 Å². The number of ether oxygens (including phenoxy) is 2. The van der Waals surface area contributed by atoms with Gasteiger partial charge < -0.3 is 19.7 Å². The molecule has 152 valence electrons. The van der Waals surface area contributed by atoms with Crippen molar-refractivity contribution < 1.29 is 14.3 Å². The quantitative estimate of drug-likeness (QED) is 0.710. The molecule has 1 saturated heterocycles. The van der Waals surface area contributed by atoms with Gasteiger partial charge in [-0.1, -0.05) is 36.4 Å². The van der Waals surface area contributed by atoms with Crippen molar-refractivity contribution in [1.82, 2.24) is 5.32 Å². The molecule has 3 aliphatic rings. The summed E-state index contributed by atoms with van der Waals surface area (Å²) in [7, 11) is 0. The van der Waals surface area contributed by atoms with Crippen LogP contribution in [-0.4, -0.2) is 31.8 Å². The summed E-state index contributed by atoms with van der Waals surface area (Å²) >= 11 is 0. The Kier molecular flexibility index (Phi) is 3.91. The third kappa shape index (κ3) is 2.88. The second-order valence-electron chi connectivity index (χ2n) is 8.64. The van der Waals surface area contributed by atoms with Gasteiger partial charge in [-0.2, -0.15) is 0 Å². The highest BCUT2D eigenvalue weighted by Crippen LogP contribution is 2.54. The Balaban J connectivity index is 1.12. The molecular weight excluding hydrogens is 376 g/mol. The minimum Gasteiger partial charge on any atom is -0.454 e. The molecule has 2 heterocycles. The number of anilines is 1. The lowest BCUT2D eigenvalue weighted by Crippen LogP contribution is -2.38. The van der Waals surface area contributed by atoms with Gasteiger partial charge in [-0.3, -0.25) is 4.79 Å². The number of piperidine rings is 1. The molecule has 3 aromatic rings. The predicted octanol–water partition coefficient (Wildman–Crippen LogP) is 4.36. The SMILES string of the molecule is O=C(NC1CC12CCN(c1ccc3c(c1)OCO3)CC2)c1cccc2ccccc12. The van der Waals surface area contributed by atoms with E-state index in [9.17, 15) is 4.79 Å². The van der Waals surface area contributed by atoms with E-state index in [0.29, 0.717) is 6.79 Å².